The Bertz CT molecular complexity index is 341. The van der Waals surface area contributed by atoms with Gasteiger partial charge in [-0.1, -0.05) is 17.7 Å². The van der Waals surface area contributed by atoms with Crippen LogP contribution in [0.2, 0.25) is 5.02 Å². The molecule has 1 nitrogen and oxygen atoms in total. The van der Waals surface area contributed by atoms with Crippen molar-refractivity contribution < 1.29 is 9.18 Å². The first-order valence-corrected chi connectivity index (χ1v) is 5.21. The van der Waals surface area contributed by atoms with Gasteiger partial charge >= 0.3 is 0 Å². The van der Waals surface area contributed by atoms with E-state index in [1.807, 2.05) is 0 Å². The third kappa shape index (κ3) is 3.31. The molecule has 0 aliphatic heterocycles. The summed E-state index contributed by atoms with van der Waals surface area (Å²) in [5.74, 6) is -0.0632. The molecule has 14 heavy (non-hydrogen) atoms. The fourth-order valence-corrected chi connectivity index (χ4v) is 1.50. The molecule has 0 bridgehead atoms. The minimum Gasteiger partial charge on any atom is -0.299 e. The molecule has 0 atom stereocenters. The second-order valence-corrected chi connectivity index (χ2v) is 3.66. The smallest absolute Gasteiger partial charge is 0.142 e. The Morgan fingerprint density at radius 2 is 2.21 bits per heavy atom. The van der Waals surface area contributed by atoms with Crippen LogP contribution in [0.25, 0.3) is 0 Å². The van der Waals surface area contributed by atoms with E-state index in [0.29, 0.717) is 17.9 Å². The van der Waals surface area contributed by atoms with Crippen LogP contribution in [0.5, 0.6) is 0 Å². The van der Waals surface area contributed by atoms with Crippen molar-refractivity contribution in [1.29, 1.82) is 0 Å². The van der Waals surface area contributed by atoms with Crippen molar-refractivity contribution in [2.75, 3.05) is 5.75 Å². The van der Waals surface area contributed by atoms with Gasteiger partial charge in [0.25, 0.3) is 0 Å². The van der Waals surface area contributed by atoms with Gasteiger partial charge in [-0.25, -0.2) is 4.39 Å². The lowest BCUT2D eigenvalue weighted by Crippen LogP contribution is -2.01. The highest BCUT2D eigenvalue weighted by atomic mass is 35.5. The summed E-state index contributed by atoms with van der Waals surface area (Å²) in [6.45, 7) is 0. The van der Waals surface area contributed by atoms with Gasteiger partial charge in [-0.15, -0.1) is 0 Å². The molecule has 0 aromatic heterocycles. The molecule has 0 spiro atoms. The summed E-state index contributed by atoms with van der Waals surface area (Å²) in [6, 6.07) is 4.19. The van der Waals surface area contributed by atoms with Crippen LogP contribution in [0.3, 0.4) is 0 Å². The maximum atomic E-state index is 12.6. The van der Waals surface area contributed by atoms with Crippen LogP contribution < -0.4 is 0 Å². The lowest BCUT2D eigenvalue weighted by Gasteiger charge is -2.02. The van der Waals surface area contributed by atoms with Crippen LogP contribution in [0.1, 0.15) is 12.0 Å². The van der Waals surface area contributed by atoms with Gasteiger partial charge in [0, 0.05) is 17.2 Å². The lowest BCUT2D eigenvalue weighted by atomic mass is 10.1. The zero-order chi connectivity index (χ0) is 10.6. The number of carbonyl (C=O) groups excluding carboxylic acids is 1. The zero-order valence-electron chi connectivity index (χ0n) is 7.46. The van der Waals surface area contributed by atoms with Gasteiger partial charge in [-0.3, -0.25) is 4.79 Å². The van der Waals surface area contributed by atoms with Crippen LogP contribution in [-0.4, -0.2) is 11.5 Å². The Balaban J connectivity index is 2.63. The zero-order valence-corrected chi connectivity index (χ0v) is 9.12. The van der Waals surface area contributed by atoms with Crippen molar-refractivity contribution in [2.45, 2.75) is 12.8 Å². The van der Waals surface area contributed by atoms with Crippen molar-refractivity contribution in [1.82, 2.24) is 0 Å². The molecule has 0 aliphatic rings. The van der Waals surface area contributed by atoms with E-state index in [4.69, 9.17) is 11.6 Å². The maximum absolute atomic E-state index is 12.6. The minimum atomic E-state index is -0.362. The number of hydrogen-bond donors (Lipinski definition) is 1. The normalized spacial score (nSPS) is 10.2. The monoisotopic (exact) mass is 232 g/mol. The van der Waals surface area contributed by atoms with Crippen molar-refractivity contribution in [2.24, 2.45) is 0 Å². The van der Waals surface area contributed by atoms with E-state index >= 15 is 0 Å². The number of thiol groups is 1. The number of aryl methyl sites for hydroxylation is 1. The summed E-state index contributed by atoms with van der Waals surface area (Å²) in [7, 11) is 0. The van der Waals surface area contributed by atoms with Crippen LogP contribution in [0, 0.1) is 5.82 Å². The molecule has 0 saturated carbocycles. The van der Waals surface area contributed by atoms with Gasteiger partial charge in [0.15, 0.2) is 0 Å². The highest BCUT2D eigenvalue weighted by molar-refractivity contribution is 7.81. The van der Waals surface area contributed by atoms with E-state index in [1.54, 1.807) is 6.07 Å². The molecule has 0 fully saturated rings. The summed E-state index contributed by atoms with van der Waals surface area (Å²) in [5.41, 5.74) is 0.795. The Morgan fingerprint density at radius 3 is 2.79 bits per heavy atom. The fraction of sp³-hybridized carbons (Fsp3) is 0.300. The van der Waals surface area contributed by atoms with E-state index in [1.165, 1.54) is 12.1 Å². The Hall–Kier alpha value is -0.540. The largest absolute Gasteiger partial charge is 0.299 e. The maximum Gasteiger partial charge on any atom is 0.142 e. The van der Waals surface area contributed by atoms with Gasteiger partial charge in [-0.05, 0) is 24.1 Å². The van der Waals surface area contributed by atoms with E-state index in [-0.39, 0.29) is 17.4 Å². The molecule has 0 amide bonds. The molecular formula is C10H10ClFOS. The quantitative estimate of drug-likeness (QED) is 0.790. The third-order valence-corrected chi connectivity index (χ3v) is 2.57. The SMILES string of the molecule is O=C(CS)CCc1ccc(F)cc1Cl. The van der Waals surface area contributed by atoms with Gasteiger partial charge in [0.1, 0.15) is 11.6 Å². The molecule has 0 saturated heterocycles. The van der Waals surface area contributed by atoms with Crippen LogP contribution in [0.4, 0.5) is 4.39 Å². The number of benzene rings is 1. The minimum absolute atomic E-state index is 0.0636. The molecule has 76 valence electrons. The molecule has 0 radical (unpaired) electrons. The Morgan fingerprint density at radius 1 is 1.50 bits per heavy atom. The number of hydrogen-bond acceptors (Lipinski definition) is 2. The van der Waals surface area contributed by atoms with Gasteiger partial charge in [0.2, 0.25) is 0 Å². The highest BCUT2D eigenvalue weighted by Gasteiger charge is 2.04. The Kier molecular flexibility index (Phi) is 4.42. The van der Waals surface area contributed by atoms with Gasteiger partial charge in [0.05, 0.1) is 0 Å². The summed E-state index contributed by atoms with van der Waals surface area (Å²) >= 11 is 9.65. The van der Waals surface area contributed by atoms with Gasteiger partial charge < -0.3 is 0 Å². The standard InChI is InChI=1S/C10H10ClFOS/c11-10-5-8(12)3-1-7(10)2-4-9(13)6-14/h1,3,5,14H,2,4,6H2. The number of carbonyl (C=O) groups is 1. The van der Waals surface area contributed by atoms with E-state index in [2.05, 4.69) is 12.6 Å². The van der Waals surface area contributed by atoms with Gasteiger partial charge in [-0.2, -0.15) is 12.6 Å². The van der Waals surface area contributed by atoms with Crippen molar-refractivity contribution in [3.8, 4) is 0 Å². The summed E-state index contributed by atoms with van der Waals surface area (Å²) in [5, 5.41) is 0.372. The molecule has 0 aliphatic carbocycles. The molecule has 4 heteroatoms. The topological polar surface area (TPSA) is 17.1 Å². The van der Waals surface area contributed by atoms with Crippen molar-refractivity contribution in [3.63, 3.8) is 0 Å². The number of rotatable bonds is 4. The van der Waals surface area contributed by atoms with Crippen molar-refractivity contribution >= 4 is 30.0 Å². The second kappa shape index (κ2) is 5.37. The first kappa shape index (κ1) is 11.5. The Labute approximate surface area is 92.7 Å². The third-order valence-electron chi connectivity index (χ3n) is 1.86. The summed E-state index contributed by atoms with van der Waals surface area (Å²) in [4.78, 5) is 11.0. The number of Topliss-reactive ketones (excluding diaryl/α,β-unsaturated/α-hetero) is 1. The van der Waals surface area contributed by atoms with E-state index in [9.17, 15) is 9.18 Å². The average Bonchev–Trinajstić information content (AvgIpc) is 2.16. The van der Waals surface area contributed by atoms with Crippen LogP contribution in [-0.2, 0) is 11.2 Å². The highest BCUT2D eigenvalue weighted by Crippen LogP contribution is 2.18. The fourth-order valence-electron chi connectivity index (χ4n) is 1.08. The molecular weight excluding hydrogens is 223 g/mol. The molecule has 0 heterocycles. The molecule has 1 aromatic carbocycles. The first-order valence-electron chi connectivity index (χ1n) is 4.20. The first-order chi connectivity index (χ1) is 6.63. The van der Waals surface area contributed by atoms with E-state index < -0.39 is 0 Å². The lowest BCUT2D eigenvalue weighted by molar-refractivity contribution is -0.116. The number of halogens is 2. The molecule has 1 aromatic rings. The molecule has 0 unspecified atom stereocenters. The van der Waals surface area contributed by atoms with Crippen LogP contribution >= 0.6 is 24.2 Å². The average molecular weight is 233 g/mol. The second-order valence-electron chi connectivity index (χ2n) is 2.93. The number of ketones is 1. The summed E-state index contributed by atoms with van der Waals surface area (Å²) in [6.07, 6.45) is 0.938. The predicted molar refractivity (Wildman–Crippen MR) is 58.6 cm³/mol. The van der Waals surface area contributed by atoms with E-state index in [0.717, 1.165) is 5.56 Å². The van der Waals surface area contributed by atoms with Crippen LogP contribution in [0.15, 0.2) is 18.2 Å². The molecule has 1 rings (SSSR count). The predicted octanol–water partition coefficient (Wildman–Crippen LogP) is 2.91. The van der Waals surface area contributed by atoms with Crippen molar-refractivity contribution in [3.05, 3.63) is 34.6 Å². The summed E-state index contributed by atoms with van der Waals surface area (Å²) < 4.78 is 12.6. The molecule has 0 N–H and O–H groups in total.